The number of nitrogens with zero attached hydrogens (tertiary/aromatic N) is 3. The fourth-order valence-electron chi connectivity index (χ4n) is 3.51. The van der Waals surface area contributed by atoms with Gasteiger partial charge in [0.25, 0.3) is 0 Å². The molecule has 3 amide bonds. The lowest BCUT2D eigenvalue weighted by atomic mass is 10.2. The first-order valence-electron chi connectivity index (χ1n) is 13.0. The number of nitrogen functional groups attached to an aromatic ring is 1. The van der Waals surface area contributed by atoms with E-state index < -0.39 is 0 Å². The number of nitrogens with one attached hydrogen (secondary N) is 2. The number of amides is 3. The minimum Gasteiger partial charge on any atom is -0.397 e. The van der Waals surface area contributed by atoms with Crippen molar-refractivity contribution in [2.75, 3.05) is 42.5 Å². The summed E-state index contributed by atoms with van der Waals surface area (Å²) in [7, 11) is 0. The predicted octanol–water partition coefficient (Wildman–Crippen LogP) is 4.26. The number of hydrogen-bond donors (Lipinski definition) is 3. The van der Waals surface area contributed by atoms with Gasteiger partial charge in [0, 0.05) is 31.9 Å². The summed E-state index contributed by atoms with van der Waals surface area (Å²) in [4.78, 5) is 43.8. The smallest absolute Gasteiger partial charge is 0.248 e. The Labute approximate surface area is 230 Å². The summed E-state index contributed by atoms with van der Waals surface area (Å²) in [6, 6.07) is 20.5. The maximum atomic E-state index is 12.6. The lowest BCUT2D eigenvalue weighted by Gasteiger charge is -2.23. The minimum atomic E-state index is -0.302. The number of carbonyl (C=O) groups is 3. The molecular weight excluding hydrogens is 492 g/mol. The number of carbonyl (C=O) groups excluding carboxylic acids is 3. The Kier molecular flexibility index (Phi) is 13.5. The number of hydrogen-bond acceptors (Lipinski definition) is 7. The van der Waals surface area contributed by atoms with Crippen LogP contribution in [0.2, 0.25) is 0 Å². The number of nitrogens with two attached hydrogens (primary N) is 1. The highest BCUT2D eigenvalue weighted by molar-refractivity contribution is 6.03. The number of para-hydroxylation sites is 2. The van der Waals surface area contributed by atoms with E-state index in [1.807, 2.05) is 56.0 Å². The van der Waals surface area contributed by atoms with Crippen molar-refractivity contribution in [3.63, 3.8) is 0 Å². The Bertz CT molecular complexity index is 1200. The summed E-state index contributed by atoms with van der Waals surface area (Å²) in [5, 5.41) is 5.83. The van der Waals surface area contributed by atoms with Gasteiger partial charge in [0.15, 0.2) is 0 Å². The third-order valence-corrected chi connectivity index (χ3v) is 5.59. The second-order valence-corrected chi connectivity index (χ2v) is 8.29. The quantitative estimate of drug-likeness (QED) is 0.172. The van der Waals surface area contributed by atoms with Gasteiger partial charge < -0.3 is 16.4 Å². The zero-order valence-corrected chi connectivity index (χ0v) is 22.8. The molecule has 0 atom stereocenters. The van der Waals surface area contributed by atoms with Gasteiger partial charge in [-0.05, 0) is 48.0 Å². The molecule has 0 fully saturated rings. The molecule has 1 heterocycles. The highest BCUT2D eigenvalue weighted by Crippen LogP contribution is 2.16. The van der Waals surface area contributed by atoms with Crippen LogP contribution >= 0.6 is 0 Å². The summed E-state index contributed by atoms with van der Waals surface area (Å²) >= 11 is 0. The van der Waals surface area contributed by atoms with Gasteiger partial charge >= 0.3 is 0 Å². The van der Waals surface area contributed by atoms with E-state index in [-0.39, 0.29) is 24.9 Å². The van der Waals surface area contributed by atoms with Crippen molar-refractivity contribution in [3.8, 4) is 0 Å². The topological polar surface area (TPSA) is 121 Å². The Hall–Kier alpha value is -4.50. The second kappa shape index (κ2) is 17.1. The van der Waals surface area contributed by atoms with Crippen molar-refractivity contribution in [3.05, 3.63) is 90.1 Å². The normalized spacial score (nSPS) is 10.5. The van der Waals surface area contributed by atoms with Crippen LogP contribution in [0.3, 0.4) is 0 Å². The fraction of sp³-hybridized carbons (Fsp3) is 0.267. The lowest BCUT2D eigenvalue weighted by molar-refractivity contribution is -0.138. The summed E-state index contributed by atoms with van der Waals surface area (Å²) in [5.74, 6) is 0.0407. The van der Waals surface area contributed by atoms with Gasteiger partial charge in [-0.25, -0.2) is 4.98 Å². The average molecular weight is 531 g/mol. The molecule has 2 aromatic carbocycles. The Morgan fingerprint density at radius 1 is 1.00 bits per heavy atom. The summed E-state index contributed by atoms with van der Waals surface area (Å²) in [5.41, 5.74) is 8.73. The van der Waals surface area contributed by atoms with E-state index in [0.717, 1.165) is 11.1 Å². The van der Waals surface area contributed by atoms with E-state index in [4.69, 9.17) is 5.73 Å². The van der Waals surface area contributed by atoms with E-state index >= 15 is 0 Å². The molecule has 9 nitrogen and oxygen atoms in total. The lowest BCUT2D eigenvalue weighted by Crippen LogP contribution is -2.41. The maximum absolute atomic E-state index is 12.6. The molecule has 3 rings (SSSR count). The predicted molar refractivity (Wildman–Crippen MR) is 158 cm³/mol. The standard InChI is InChI=1S/C28H32N6O3.C2H6/c1-2-33(19-23-8-4-3-5-9-23)20-28(37)34(21-35)17-16-30-26-14-12-22(18-31-26)13-15-27(36)32-25-11-7-6-10-24(25)29;1-2/h3-15,18,21H,2,16-17,19-20,29H2,1H3,(H,30,31)(H,32,36);1-2H3/b15-13+;. The molecule has 0 aliphatic rings. The number of imide groups is 1. The molecule has 3 aromatic rings. The first kappa shape index (κ1) is 30.7. The zero-order valence-electron chi connectivity index (χ0n) is 22.8. The van der Waals surface area contributed by atoms with Crippen LogP contribution in [0.5, 0.6) is 0 Å². The van der Waals surface area contributed by atoms with E-state index in [0.29, 0.717) is 43.2 Å². The van der Waals surface area contributed by atoms with Crippen molar-refractivity contribution in [2.45, 2.75) is 27.3 Å². The highest BCUT2D eigenvalue weighted by Gasteiger charge is 2.16. The van der Waals surface area contributed by atoms with Crippen molar-refractivity contribution in [2.24, 2.45) is 0 Å². The summed E-state index contributed by atoms with van der Waals surface area (Å²) < 4.78 is 0. The molecule has 39 heavy (non-hydrogen) atoms. The summed E-state index contributed by atoms with van der Waals surface area (Å²) in [6.07, 6.45) is 5.23. The van der Waals surface area contributed by atoms with Crippen molar-refractivity contribution in [1.82, 2.24) is 14.8 Å². The summed E-state index contributed by atoms with van der Waals surface area (Å²) in [6.45, 7) is 8.06. The molecule has 0 bridgehead atoms. The van der Waals surface area contributed by atoms with Crippen molar-refractivity contribution >= 4 is 41.5 Å². The van der Waals surface area contributed by atoms with Gasteiger partial charge in [-0.2, -0.15) is 0 Å². The van der Waals surface area contributed by atoms with Crippen LogP contribution in [0, 0.1) is 0 Å². The van der Waals surface area contributed by atoms with Crippen LogP contribution in [0.15, 0.2) is 79.0 Å². The molecule has 0 unspecified atom stereocenters. The molecule has 0 saturated carbocycles. The van der Waals surface area contributed by atoms with Crippen LogP contribution in [-0.4, -0.2) is 59.2 Å². The largest absolute Gasteiger partial charge is 0.397 e. The maximum Gasteiger partial charge on any atom is 0.248 e. The first-order chi connectivity index (χ1) is 19.0. The number of pyridine rings is 1. The minimum absolute atomic E-state index is 0.161. The van der Waals surface area contributed by atoms with Gasteiger partial charge in [0.1, 0.15) is 5.82 Å². The van der Waals surface area contributed by atoms with Crippen molar-refractivity contribution < 1.29 is 14.4 Å². The van der Waals surface area contributed by atoms with Crippen LogP contribution in [0.1, 0.15) is 31.9 Å². The third-order valence-electron chi connectivity index (χ3n) is 5.59. The average Bonchev–Trinajstić information content (AvgIpc) is 2.97. The molecule has 0 aliphatic carbocycles. The Morgan fingerprint density at radius 3 is 2.36 bits per heavy atom. The van der Waals surface area contributed by atoms with Gasteiger partial charge in [-0.1, -0.05) is 63.2 Å². The van der Waals surface area contributed by atoms with E-state index in [1.54, 1.807) is 48.7 Å². The number of likely N-dealkylation sites (N-methyl/N-ethyl adjacent to an activating group) is 1. The molecule has 0 saturated heterocycles. The molecule has 1 aromatic heterocycles. The molecular formula is C30H38N6O3. The first-order valence-corrected chi connectivity index (χ1v) is 13.0. The SMILES string of the molecule is CC.CCN(CC(=O)N(C=O)CCNc1ccc(/C=C/C(=O)Nc2ccccc2N)cn1)Cc1ccccc1. The Morgan fingerprint density at radius 2 is 1.72 bits per heavy atom. The monoisotopic (exact) mass is 530 g/mol. The van der Waals surface area contributed by atoms with Gasteiger partial charge in [0.2, 0.25) is 18.2 Å². The molecule has 9 heteroatoms. The van der Waals surface area contributed by atoms with Crippen LogP contribution < -0.4 is 16.4 Å². The van der Waals surface area contributed by atoms with Crippen LogP contribution in [-0.2, 0) is 20.9 Å². The number of rotatable bonds is 13. The molecule has 206 valence electrons. The second-order valence-electron chi connectivity index (χ2n) is 8.29. The van der Waals surface area contributed by atoms with E-state index in [2.05, 4.69) is 15.6 Å². The molecule has 0 aliphatic heterocycles. The highest BCUT2D eigenvalue weighted by atomic mass is 16.2. The fourth-order valence-corrected chi connectivity index (χ4v) is 3.51. The third kappa shape index (κ3) is 10.8. The number of benzene rings is 2. The van der Waals surface area contributed by atoms with E-state index in [9.17, 15) is 14.4 Å². The Balaban J connectivity index is 0.00000260. The zero-order chi connectivity index (χ0) is 28.5. The van der Waals surface area contributed by atoms with Crippen molar-refractivity contribution in [1.29, 1.82) is 0 Å². The van der Waals surface area contributed by atoms with Crippen LogP contribution in [0.4, 0.5) is 17.2 Å². The molecule has 4 N–H and O–H groups in total. The molecule has 0 radical (unpaired) electrons. The van der Waals surface area contributed by atoms with Gasteiger partial charge in [-0.3, -0.25) is 24.2 Å². The number of aromatic nitrogens is 1. The van der Waals surface area contributed by atoms with E-state index in [1.165, 1.54) is 11.0 Å². The number of anilines is 3. The van der Waals surface area contributed by atoms with Crippen LogP contribution in [0.25, 0.3) is 6.08 Å². The molecule has 0 spiro atoms. The van der Waals surface area contributed by atoms with Gasteiger partial charge in [0.05, 0.1) is 17.9 Å². The van der Waals surface area contributed by atoms with Gasteiger partial charge in [-0.15, -0.1) is 0 Å².